The zero-order valence-electron chi connectivity index (χ0n) is 20.7. The number of aromatic nitrogens is 1. The van der Waals surface area contributed by atoms with E-state index in [9.17, 15) is 24.5 Å². The Hall–Kier alpha value is -4.28. The molecule has 0 spiro atoms. The van der Waals surface area contributed by atoms with Gasteiger partial charge in [0.1, 0.15) is 6.04 Å². The van der Waals surface area contributed by atoms with Crippen molar-refractivity contribution in [2.75, 3.05) is 37.6 Å². The molecule has 1 aromatic carbocycles. The van der Waals surface area contributed by atoms with E-state index in [1.807, 2.05) is 35.2 Å². The van der Waals surface area contributed by atoms with Gasteiger partial charge in [-0.25, -0.2) is 0 Å². The molecule has 11 nitrogen and oxygen atoms in total. The summed E-state index contributed by atoms with van der Waals surface area (Å²) in [5.74, 6) is -0.821. The normalized spacial score (nSPS) is 13.9. The van der Waals surface area contributed by atoms with Crippen LogP contribution in [0.3, 0.4) is 0 Å². The third-order valence-electron chi connectivity index (χ3n) is 6.12. The third kappa shape index (κ3) is 8.41. The summed E-state index contributed by atoms with van der Waals surface area (Å²) in [5, 5.41) is 16.5. The Kier molecular flexibility index (Phi) is 10.1. The minimum absolute atomic E-state index is 0.141. The quantitative estimate of drug-likeness (QED) is 0.193. The molecule has 1 saturated heterocycles. The fraction of sp³-hybridized carbons (Fsp3) is 0.385. The van der Waals surface area contributed by atoms with Crippen LogP contribution in [0.2, 0.25) is 0 Å². The van der Waals surface area contributed by atoms with Gasteiger partial charge in [-0.05, 0) is 46.9 Å². The lowest BCUT2D eigenvalue weighted by atomic mass is 10.1. The van der Waals surface area contributed by atoms with Crippen molar-refractivity contribution in [3.8, 4) is 0 Å². The molecule has 1 unspecified atom stereocenters. The SMILES string of the molecule is C=CC(=O)NCCCCC(NC(=O)Cc1ccccc1)C(=O)N1CCN(c2ccc([N+](=O)[O-])nc2)CC1. The fourth-order valence-corrected chi connectivity index (χ4v) is 4.12. The van der Waals surface area contributed by atoms with Crippen LogP contribution in [0, 0.1) is 10.1 Å². The maximum absolute atomic E-state index is 13.4. The van der Waals surface area contributed by atoms with Gasteiger partial charge >= 0.3 is 5.82 Å². The predicted molar refractivity (Wildman–Crippen MR) is 139 cm³/mol. The van der Waals surface area contributed by atoms with Crippen LogP contribution in [0.4, 0.5) is 11.5 Å². The number of amides is 3. The molecule has 2 N–H and O–H groups in total. The second-order valence-electron chi connectivity index (χ2n) is 8.72. The van der Waals surface area contributed by atoms with Crippen molar-refractivity contribution in [3.05, 3.63) is 77.0 Å². The Morgan fingerprint density at radius 3 is 2.43 bits per heavy atom. The number of hydrogen-bond acceptors (Lipinski definition) is 7. The largest absolute Gasteiger partial charge is 0.365 e. The topological polar surface area (TPSA) is 138 Å². The van der Waals surface area contributed by atoms with Crippen molar-refractivity contribution in [1.29, 1.82) is 0 Å². The monoisotopic (exact) mass is 508 g/mol. The molecular formula is C26H32N6O5. The summed E-state index contributed by atoms with van der Waals surface area (Å²) < 4.78 is 0. The predicted octanol–water partition coefficient (Wildman–Crippen LogP) is 1.84. The Morgan fingerprint density at radius 2 is 1.81 bits per heavy atom. The van der Waals surface area contributed by atoms with Crippen molar-refractivity contribution >= 4 is 29.2 Å². The highest BCUT2D eigenvalue weighted by Gasteiger charge is 2.29. The first-order valence-corrected chi connectivity index (χ1v) is 12.2. The number of unbranched alkanes of at least 4 members (excludes halogenated alkanes) is 1. The molecule has 2 aromatic rings. The lowest BCUT2D eigenvalue weighted by Crippen LogP contribution is -2.55. The van der Waals surface area contributed by atoms with Gasteiger partial charge in [0.25, 0.3) is 0 Å². The summed E-state index contributed by atoms with van der Waals surface area (Å²) in [4.78, 5) is 55.4. The zero-order valence-corrected chi connectivity index (χ0v) is 20.7. The molecule has 2 heterocycles. The molecule has 1 aliphatic rings. The summed E-state index contributed by atoms with van der Waals surface area (Å²) in [6, 6.07) is 11.7. The Morgan fingerprint density at radius 1 is 1.08 bits per heavy atom. The van der Waals surface area contributed by atoms with Crippen LogP contribution >= 0.6 is 0 Å². The van der Waals surface area contributed by atoms with Gasteiger partial charge in [-0.1, -0.05) is 36.9 Å². The molecule has 11 heteroatoms. The van der Waals surface area contributed by atoms with Crippen molar-refractivity contribution in [3.63, 3.8) is 0 Å². The van der Waals surface area contributed by atoms with Gasteiger partial charge < -0.3 is 30.5 Å². The van der Waals surface area contributed by atoms with Gasteiger partial charge in [-0.15, -0.1) is 0 Å². The summed E-state index contributed by atoms with van der Waals surface area (Å²) >= 11 is 0. The van der Waals surface area contributed by atoms with E-state index < -0.39 is 11.0 Å². The van der Waals surface area contributed by atoms with Crippen LogP contribution in [0.25, 0.3) is 0 Å². The van der Waals surface area contributed by atoms with Crippen LogP contribution in [0.15, 0.2) is 61.3 Å². The van der Waals surface area contributed by atoms with Gasteiger partial charge in [-0.3, -0.25) is 14.4 Å². The minimum Gasteiger partial charge on any atom is -0.365 e. The molecule has 3 amide bonds. The second kappa shape index (κ2) is 13.7. The van der Waals surface area contributed by atoms with Gasteiger partial charge in [0, 0.05) is 38.8 Å². The fourth-order valence-electron chi connectivity index (χ4n) is 4.12. The van der Waals surface area contributed by atoms with Crippen molar-refractivity contribution in [2.24, 2.45) is 0 Å². The number of pyridine rings is 1. The lowest BCUT2D eigenvalue weighted by molar-refractivity contribution is -0.389. The van der Waals surface area contributed by atoms with Crippen molar-refractivity contribution in [2.45, 2.75) is 31.7 Å². The van der Waals surface area contributed by atoms with E-state index in [1.165, 1.54) is 18.3 Å². The highest BCUT2D eigenvalue weighted by Crippen LogP contribution is 2.19. The van der Waals surface area contributed by atoms with Crippen LogP contribution in [-0.4, -0.2) is 71.3 Å². The first kappa shape index (κ1) is 27.3. The third-order valence-corrected chi connectivity index (χ3v) is 6.12. The molecule has 0 aliphatic carbocycles. The van der Waals surface area contributed by atoms with E-state index >= 15 is 0 Å². The molecule has 1 atom stereocenters. The maximum atomic E-state index is 13.4. The van der Waals surface area contributed by atoms with E-state index in [1.54, 1.807) is 11.0 Å². The first-order chi connectivity index (χ1) is 17.9. The van der Waals surface area contributed by atoms with Crippen molar-refractivity contribution in [1.82, 2.24) is 20.5 Å². The maximum Gasteiger partial charge on any atom is 0.363 e. The summed E-state index contributed by atoms with van der Waals surface area (Å²) in [5.41, 5.74) is 1.62. The van der Waals surface area contributed by atoms with Gasteiger partial charge in [-0.2, -0.15) is 0 Å². The van der Waals surface area contributed by atoms with E-state index in [0.29, 0.717) is 52.0 Å². The molecular weight excluding hydrogens is 476 g/mol. The zero-order chi connectivity index (χ0) is 26.6. The number of piperazine rings is 1. The molecule has 37 heavy (non-hydrogen) atoms. The second-order valence-corrected chi connectivity index (χ2v) is 8.72. The lowest BCUT2D eigenvalue weighted by Gasteiger charge is -2.37. The van der Waals surface area contributed by atoms with Gasteiger partial charge in [0.05, 0.1) is 12.1 Å². The van der Waals surface area contributed by atoms with Crippen LogP contribution in [-0.2, 0) is 20.8 Å². The number of nitrogens with one attached hydrogen (secondary N) is 2. The molecule has 1 aliphatic heterocycles. The van der Waals surface area contributed by atoms with E-state index in [0.717, 1.165) is 11.3 Å². The van der Waals surface area contributed by atoms with Crippen LogP contribution in [0.1, 0.15) is 24.8 Å². The first-order valence-electron chi connectivity index (χ1n) is 12.2. The smallest absolute Gasteiger partial charge is 0.363 e. The Bertz CT molecular complexity index is 1080. The summed E-state index contributed by atoms with van der Waals surface area (Å²) in [6.45, 7) is 5.89. The minimum atomic E-state index is -0.668. The van der Waals surface area contributed by atoms with Crippen molar-refractivity contribution < 1.29 is 19.3 Å². The molecule has 0 saturated carbocycles. The number of rotatable bonds is 12. The molecule has 3 rings (SSSR count). The summed E-state index contributed by atoms with van der Waals surface area (Å²) in [7, 11) is 0. The Balaban J connectivity index is 1.57. The molecule has 196 valence electrons. The number of carbonyl (C=O) groups is 3. The summed E-state index contributed by atoms with van der Waals surface area (Å²) in [6.07, 6.45) is 4.62. The average Bonchev–Trinajstić information content (AvgIpc) is 2.92. The van der Waals surface area contributed by atoms with Crippen LogP contribution < -0.4 is 15.5 Å². The Labute approximate surface area is 215 Å². The number of nitro groups is 1. The molecule has 0 radical (unpaired) electrons. The molecule has 1 aromatic heterocycles. The average molecular weight is 509 g/mol. The van der Waals surface area contributed by atoms with Crippen LogP contribution in [0.5, 0.6) is 0 Å². The highest BCUT2D eigenvalue weighted by atomic mass is 16.6. The van der Waals surface area contributed by atoms with E-state index in [-0.39, 0.29) is 30.0 Å². The number of carbonyl (C=O) groups excluding carboxylic acids is 3. The molecule has 1 fully saturated rings. The van der Waals surface area contributed by atoms with E-state index in [2.05, 4.69) is 22.2 Å². The number of hydrogen-bond donors (Lipinski definition) is 2. The highest BCUT2D eigenvalue weighted by molar-refractivity contribution is 5.88. The number of nitrogens with zero attached hydrogens (tertiary/aromatic N) is 4. The number of anilines is 1. The molecule has 0 bridgehead atoms. The standard InChI is InChI=1S/C26H32N6O5/c1-2-24(33)27-13-7-6-10-22(29-25(34)18-20-8-4-3-5-9-20)26(35)31-16-14-30(15-17-31)21-11-12-23(28-19-21)32(36)37/h2-5,8-9,11-12,19,22H,1,6-7,10,13-18H2,(H,27,33)(H,29,34). The van der Waals surface area contributed by atoms with Gasteiger partial charge in [0.15, 0.2) is 6.20 Å². The number of benzene rings is 1. The van der Waals surface area contributed by atoms with Gasteiger partial charge in [0.2, 0.25) is 17.7 Å². The van der Waals surface area contributed by atoms with E-state index in [4.69, 9.17) is 0 Å².